The molecule has 0 aromatic heterocycles. The number of halogens is 2. The number of carbonyl (C=O) groups excluding carboxylic acids is 8. The number of fused-ring (bicyclic) bond motifs is 14. The first-order valence-corrected chi connectivity index (χ1v) is 42.7. The molecule has 706 valence electrons. The van der Waals surface area contributed by atoms with E-state index in [1.165, 1.54) is 30.3 Å². The van der Waals surface area contributed by atoms with Crippen LogP contribution >= 0.6 is 23.2 Å². The Morgan fingerprint density at radius 1 is 0.500 bits per heavy atom. The molecule has 8 amide bonds. The molecule has 9 heterocycles. The molecular formula is C88H97Cl2N9O33. The van der Waals surface area contributed by atoms with Gasteiger partial charge in [-0.2, -0.15) is 0 Å². The van der Waals surface area contributed by atoms with E-state index in [0.29, 0.717) is 18.8 Å². The van der Waals surface area contributed by atoms with Gasteiger partial charge < -0.3 is 167 Å². The Morgan fingerprint density at radius 3 is 1.68 bits per heavy atom. The molecule has 0 saturated carbocycles. The van der Waals surface area contributed by atoms with E-state index < -0.39 is 316 Å². The highest BCUT2D eigenvalue weighted by molar-refractivity contribution is 6.32. The van der Waals surface area contributed by atoms with Gasteiger partial charge in [0, 0.05) is 48.6 Å². The highest BCUT2D eigenvalue weighted by atomic mass is 35.5. The van der Waals surface area contributed by atoms with E-state index in [4.69, 9.17) is 71.6 Å². The Hall–Kier alpha value is -12.0. The summed E-state index contributed by atoms with van der Waals surface area (Å²) in [4.78, 5) is 138. The fraction of sp³-hybridized carbons (Fsp3) is 0.420. The molecule has 16 rings (SSSR count). The summed E-state index contributed by atoms with van der Waals surface area (Å²) in [6, 6.07) is 0.658. The summed E-state index contributed by atoms with van der Waals surface area (Å²) in [5, 5.41) is 190. The number of nitrogens with two attached hydrogens (primary N) is 1. The molecule has 7 aromatic rings. The van der Waals surface area contributed by atoms with Crippen LogP contribution in [0.25, 0.3) is 11.1 Å². The predicted octanol–water partition coefficient (Wildman–Crippen LogP) is 1.02. The minimum absolute atomic E-state index is 0.0267. The Kier molecular flexibility index (Phi) is 29.5. The molecule has 132 heavy (non-hydrogen) atoms. The number of aliphatic carboxylic acids is 1. The smallest absolute Gasteiger partial charge is 0.330 e. The summed E-state index contributed by atoms with van der Waals surface area (Å²) in [7, 11) is 0. The topological polar surface area (TPSA) is 662 Å². The first kappa shape index (κ1) is 96.0. The van der Waals surface area contributed by atoms with Gasteiger partial charge in [0.05, 0.1) is 29.9 Å². The number of aromatic hydroxyl groups is 4. The number of benzene rings is 7. The quantitative estimate of drug-likeness (QED) is 0.0503. The van der Waals surface area contributed by atoms with Crippen molar-refractivity contribution in [3.8, 4) is 80.1 Å². The number of rotatable bonds is 19. The maximum absolute atomic E-state index is 17.0. The van der Waals surface area contributed by atoms with Crippen molar-refractivity contribution in [2.45, 2.75) is 206 Å². The molecule has 9 aliphatic rings. The number of hydrogen-bond donors (Lipinski definition) is 24. The van der Waals surface area contributed by atoms with Gasteiger partial charge in [0.25, 0.3) is 0 Å². The molecule has 44 heteroatoms. The molecular weight excluding hydrogens is 1780 g/mol. The second kappa shape index (κ2) is 40.6. The largest absolute Gasteiger partial charge is 0.508 e. The summed E-state index contributed by atoms with van der Waals surface area (Å²) in [5.41, 5.74) is 2.79. The zero-order valence-corrected chi connectivity index (χ0v) is 71.8. The van der Waals surface area contributed by atoms with Crippen LogP contribution in [-0.4, -0.2) is 254 Å². The van der Waals surface area contributed by atoms with Gasteiger partial charge in [0.2, 0.25) is 65.6 Å². The molecule has 3 saturated heterocycles. The fourth-order valence-electron chi connectivity index (χ4n) is 16.5. The monoisotopic (exact) mass is 1880 g/mol. The van der Waals surface area contributed by atoms with Crippen LogP contribution in [0.15, 0.2) is 115 Å². The van der Waals surface area contributed by atoms with Crippen molar-refractivity contribution in [2.75, 3.05) is 19.8 Å². The lowest BCUT2D eigenvalue weighted by Gasteiger charge is -2.44. The van der Waals surface area contributed by atoms with E-state index in [0.717, 1.165) is 111 Å². The molecule has 3 fully saturated rings. The molecule has 7 aromatic carbocycles. The Morgan fingerprint density at radius 2 is 1.05 bits per heavy atom. The van der Waals surface area contributed by atoms with Crippen molar-refractivity contribution in [1.82, 2.24) is 42.5 Å². The highest BCUT2D eigenvalue weighted by Gasteiger charge is 2.52. The summed E-state index contributed by atoms with van der Waals surface area (Å²) < 4.78 is 57.5. The van der Waals surface area contributed by atoms with Gasteiger partial charge in [-0.25, -0.2) is 4.79 Å². The maximum atomic E-state index is 17.0. The maximum Gasteiger partial charge on any atom is 0.330 e. The van der Waals surface area contributed by atoms with Crippen molar-refractivity contribution in [2.24, 2.45) is 11.7 Å². The second-order valence-corrected chi connectivity index (χ2v) is 34.0. The van der Waals surface area contributed by atoms with Crippen molar-refractivity contribution in [3.63, 3.8) is 0 Å². The molecule has 42 nitrogen and oxygen atoms in total. The van der Waals surface area contributed by atoms with Crippen LogP contribution in [0.2, 0.25) is 10.0 Å². The third-order valence-corrected chi connectivity index (χ3v) is 24.0. The minimum atomic E-state index is -2.59. The van der Waals surface area contributed by atoms with Gasteiger partial charge in [-0.05, 0) is 125 Å². The fourth-order valence-corrected chi connectivity index (χ4v) is 16.9. The van der Waals surface area contributed by atoms with Crippen molar-refractivity contribution in [3.05, 3.63) is 164 Å². The highest BCUT2D eigenvalue weighted by Crippen LogP contribution is 2.51. The van der Waals surface area contributed by atoms with E-state index in [2.05, 4.69) is 56.4 Å². The van der Waals surface area contributed by atoms with E-state index in [1.807, 2.05) is 0 Å². The van der Waals surface area contributed by atoms with E-state index in [1.54, 1.807) is 0 Å². The SMILES string of the molecule is CC(=O)N[C@H]1[C@H](O[C@@H]2c3ccc(c(Cl)c3)Oc3cc4cc(c3O[C@@H]3O[C@H](CO)[C@@H](O)[C@H](O)[C@H]3NC(=O)CCCCCCC(C)C)Oc3ccc(cc3Cl)CC3NC(=O)[C@@H](N)c5ccc(O)c(c5)Oc5cc(O)cc(c5)C(NC3=O)C(=O)NC4C(=O)N[C@H]3C(=O)N[C@@H]2C(=O)N[C@H](C(=O)O)c2cc(O)cc(O[C@H]4O[C@H](CO)[C@@H](O)[C@H](O)[C@@H]4O)c2-c2cc3ccc2O)O[C@H](CO)[C@@H](O)[C@@H]1O. The Labute approximate surface area is 759 Å². The van der Waals surface area contributed by atoms with E-state index in [9.17, 15) is 95.8 Å². The van der Waals surface area contributed by atoms with Gasteiger partial charge in [-0.15, -0.1) is 0 Å². The van der Waals surface area contributed by atoms with E-state index in [-0.39, 0.29) is 39.8 Å². The van der Waals surface area contributed by atoms with Crippen LogP contribution in [0.5, 0.6) is 69.0 Å². The molecule has 25 N–H and O–H groups in total. The normalized spacial score (nSPS) is 28.9. The lowest BCUT2D eigenvalue weighted by atomic mass is 9.89. The molecule has 17 bridgehead atoms. The number of carboxylic acid groups (broad SMARTS) is 1. The number of amides is 8. The summed E-state index contributed by atoms with van der Waals surface area (Å²) in [6.07, 6.45) is -25.9. The average Bonchev–Trinajstić information content (AvgIpc) is 0.748. The number of nitrogens with one attached hydrogen (secondary N) is 8. The number of phenols is 4. The van der Waals surface area contributed by atoms with Crippen LogP contribution in [0.3, 0.4) is 0 Å². The summed E-state index contributed by atoms with van der Waals surface area (Å²) in [5.74, 6) is -19.2. The third-order valence-electron chi connectivity index (χ3n) is 23.4. The molecule has 3 unspecified atom stereocenters. The number of ether oxygens (including phenoxy) is 9. The minimum Gasteiger partial charge on any atom is -0.508 e. The van der Waals surface area contributed by atoms with Crippen molar-refractivity contribution < 1.29 is 162 Å². The number of unbranched alkanes of at least 4 members (excludes halogenated alkanes) is 3. The first-order valence-electron chi connectivity index (χ1n) is 42.0. The lowest BCUT2D eigenvalue weighted by molar-refractivity contribution is -0.284. The Balaban J connectivity index is 1.04. The number of carbonyl (C=O) groups is 9. The number of aliphatic hydroxyl groups excluding tert-OH is 10. The molecule has 23 atom stereocenters. The number of carboxylic acids is 1. The van der Waals surface area contributed by atoms with Gasteiger partial charge in [-0.3, -0.25) is 38.4 Å². The van der Waals surface area contributed by atoms with Crippen LogP contribution in [-0.2, 0) is 68.5 Å². The van der Waals surface area contributed by atoms with Crippen LogP contribution < -0.4 is 72.0 Å². The van der Waals surface area contributed by atoms with Crippen LogP contribution in [0.4, 0.5) is 0 Å². The predicted molar refractivity (Wildman–Crippen MR) is 453 cm³/mol. The zero-order chi connectivity index (χ0) is 94.9. The number of aliphatic hydroxyl groups is 10. The lowest BCUT2D eigenvalue weighted by Crippen LogP contribution is -2.65. The van der Waals surface area contributed by atoms with E-state index >= 15 is 24.0 Å². The summed E-state index contributed by atoms with van der Waals surface area (Å²) in [6.45, 7) is 1.97. The third kappa shape index (κ3) is 20.7. The first-order chi connectivity index (χ1) is 62.9. The van der Waals surface area contributed by atoms with Gasteiger partial charge in [-0.1, -0.05) is 87.0 Å². The average molecular weight is 1880 g/mol. The number of hydrogen-bond acceptors (Lipinski definition) is 33. The second-order valence-electron chi connectivity index (χ2n) is 33.2. The van der Waals surface area contributed by atoms with Crippen LogP contribution in [0, 0.1) is 5.92 Å². The molecule has 0 radical (unpaired) electrons. The zero-order valence-electron chi connectivity index (χ0n) is 70.3. The molecule has 0 spiro atoms. The molecule has 0 aliphatic carbocycles. The molecule has 9 aliphatic heterocycles. The standard InChI is InChI=1S/C88H97Cl2N9O33/c1-33(2)8-6-4-5-7-9-60(108)94-68-74(113)71(110)58(31-101)129-87(68)132-78-55-25-40-26-56(78)126-52-17-13-38(23-47(52)90)77(131-86-67(92-34(3)103)73(112)70(109)57(30-100)128-86)69-84(121)98-66(85(122)123)45-28-42(105)29-54(127-88-76(115)75(114)72(111)59(32-102)130-88)61(45)44-22-37(12-14-49(44)106)63(81(118)99-69)96-83(120)65(40)97-82(119)64-39-20-41(104)27-43(21-39)124-53-24-36(11-15-50(53)107)62(91)80(117)93-48(79(116)95-64)19-35-10-16-51(125-55)46(89)18-35/h10-18,20-29,33,48,57-59,62-77,86-88,100-102,104-107,109-115H,4-9,19,30-32,91H2,1-3H3,(H,92,103)(H,93,117)(H,94,108)(H,95,116)(H,96,120)(H,97,119)(H,98,121)(H,99,118)(H,122,123)/t48?,57-,58-,59-,62+,63-,64?,65?,66+,67-,68-,69+,70-,71-,72-,73-,74-,75+,76+,77-,86+,87+,88+/m1/s1. The van der Waals surface area contributed by atoms with Gasteiger partial charge >= 0.3 is 5.97 Å². The Bertz CT molecular complexity index is 5560. The summed E-state index contributed by atoms with van der Waals surface area (Å²) >= 11 is 14.7. The van der Waals surface area contributed by atoms with Gasteiger partial charge in [0.15, 0.2) is 35.3 Å². The number of phenolic OH excluding ortho intramolecular Hbond substituents is 4. The van der Waals surface area contributed by atoms with Gasteiger partial charge in [0.1, 0.15) is 156 Å². The van der Waals surface area contributed by atoms with Crippen molar-refractivity contribution >= 4 is 76.4 Å². The van der Waals surface area contributed by atoms with Crippen LogP contribution in [0.1, 0.15) is 135 Å². The van der Waals surface area contributed by atoms with Crippen molar-refractivity contribution in [1.29, 1.82) is 0 Å².